The first kappa shape index (κ1) is 21.4. The molecule has 33 heavy (non-hydrogen) atoms. The summed E-state index contributed by atoms with van der Waals surface area (Å²) in [6, 6.07) is 8.97. The number of anilines is 3. The summed E-state index contributed by atoms with van der Waals surface area (Å²) in [5.74, 6) is 0.893. The predicted molar refractivity (Wildman–Crippen MR) is 124 cm³/mol. The number of halogens is 1. The highest BCUT2D eigenvalue weighted by atomic mass is 19.1. The third-order valence-electron chi connectivity index (χ3n) is 6.19. The van der Waals surface area contributed by atoms with Crippen molar-refractivity contribution in [3.63, 3.8) is 0 Å². The number of nitrogens with one attached hydrogen (secondary N) is 1. The topological polar surface area (TPSA) is 83.5 Å². The van der Waals surface area contributed by atoms with E-state index in [1.165, 1.54) is 6.33 Å². The Hall–Kier alpha value is -3.49. The monoisotopic (exact) mass is 450 g/mol. The van der Waals surface area contributed by atoms with Gasteiger partial charge in [-0.25, -0.2) is 24.1 Å². The summed E-state index contributed by atoms with van der Waals surface area (Å²) in [5.41, 5.74) is 1.41. The average molecular weight is 451 g/mol. The molecular weight excluding hydrogens is 423 g/mol. The van der Waals surface area contributed by atoms with Crippen LogP contribution in [0.5, 0.6) is 0 Å². The van der Waals surface area contributed by atoms with Gasteiger partial charge < -0.3 is 15.0 Å². The summed E-state index contributed by atoms with van der Waals surface area (Å²) in [6.45, 7) is 9.42. The highest BCUT2D eigenvalue weighted by molar-refractivity contribution is 5.88. The van der Waals surface area contributed by atoms with E-state index >= 15 is 0 Å². The molecule has 2 aliphatic heterocycles. The van der Waals surface area contributed by atoms with Crippen LogP contribution >= 0.6 is 0 Å². The number of carbonyl (C=O) groups excluding carboxylic acids is 1. The van der Waals surface area contributed by atoms with Crippen LogP contribution in [0.4, 0.5) is 26.5 Å². The van der Waals surface area contributed by atoms with Crippen LogP contribution < -0.4 is 10.2 Å². The zero-order valence-corrected chi connectivity index (χ0v) is 19.2. The number of aromatic nitrogens is 3. The Morgan fingerprint density at radius 2 is 1.97 bits per heavy atom. The number of pyridine rings is 1. The van der Waals surface area contributed by atoms with Crippen molar-refractivity contribution in [1.29, 1.82) is 0 Å². The lowest BCUT2D eigenvalue weighted by Crippen LogP contribution is -2.78. The van der Waals surface area contributed by atoms with Gasteiger partial charge in [-0.15, -0.1) is 0 Å². The summed E-state index contributed by atoms with van der Waals surface area (Å²) in [4.78, 5) is 29.9. The standard InChI is InChI=1S/C24H27FN6O2/c1-15-6-5-7-16(19(15)25)28-21-20-17(26-14-27-21)8-9-18(29-20)30-12-24(13-30)10-11-31(24)22(32)33-23(2,3)4/h5-9,14H,10-13H2,1-4H3,(H,26,27,28). The first-order valence-corrected chi connectivity index (χ1v) is 11.0. The van der Waals surface area contributed by atoms with Crippen molar-refractivity contribution in [3.8, 4) is 0 Å². The Morgan fingerprint density at radius 3 is 2.67 bits per heavy atom. The molecule has 8 nitrogen and oxygen atoms in total. The van der Waals surface area contributed by atoms with E-state index in [2.05, 4.69) is 20.2 Å². The molecule has 2 fully saturated rings. The number of amides is 1. The fourth-order valence-electron chi connectivity index (χ4n) is 4.37. The van der Waals surface area contributed by atoms with Crippen LogP contribution in [0.25, 0.3) is 11.0 Å². The molecule has 1 aromatic carbocycles. The van der Waals surface area contributed by atoms with Gasteiger partial charge >= 0.3 is 6.09 Å². The smallest absolute Gasteiger partial charge is 0.410 e. The maximum absolute atomic E-state index is 14.5. The number of ether oxygens (including phenoxy) is 1. The van der Waals surface area contributed by atoms with E-state index in [4.69, 9.17) is 9.72 Å². The Balaban J connectivity index is 1.36. The molecule has 5 rings (SSSR count). The van der Waals surface area contributed by atoms with Gasteiger partial charge in [-0.1, -0.05) is 12.1 Å². The van der Waals surface area contributed by atoms with E-state index in [-0.39, 0.29) is 17.4 Å². The number of carbonyl (C=O) groups is 1. The summed E-state index contributed by atoms with van der Waals surface area (Å²) in [5, 5.41) is 3.06. The van der Waals surface area contributed by atoms with Gasteiger partial charge in [-0.2, -0.15) is 0 Å². The van der Waals surface area contributed by atoms with E-state index in [0.717, 1.165) is 12.2 Å². The van der Waals surface area contributed by atoms with Gasteiger partial charge in [0.1, 0.15) is 29.1 Å². The minimum Gasteiger partial charge on any atom is -0.444 e. The van der Waals surface area contributed by atoms with Crippen LogP contribution in [0.1, 0.15) is 32.8 Å². The summed E-state index contributed by atoms with van der Waals surface area (Å²) >= 11 is 0. The highest BCUT2D eigenvalue weighted by Gasteiger charge is 2.56. The Kier molecular flexibility index (Phi) is 4.88. The maximum Gasteiger partial charge on any atom is 0.410 e. The number of hydrogen-bond acceptors (Lipinski definition) is 7. The minimum atomic E-state index is -0.517. The molecule has 0 aliphatic carbocycles. The molecule has 4 heterocycles. The molecule has 0 unspecified atom stereocenters. The first-order chi connectivity index (χ1) is 15.7. The molecule has 0 saturated carbocycles. The zero-order chi connectivity index (χ0) is 23.4. The van der Waals surface area contributed by atoms with E-state index in [0.29, 0.717) is 47.7 Å². The minimum absolute atomic E-state index is 0.196. The Labute approximate surface area is 191 Å². The predicted octanol–water partition coefficient (Wildman–Crippen LogP) is 4.42. The molecule has 1 spiro atoms. The van der Waals surface area contributed by atoms with Gasteiger partial charge in [0.05, 0.1) is 16.7 Å². The van der Waals surface area contributed by atoms with E-state index in [1.54, 1.807) is 25.1 Å². The number of rotatable bonds is 3. The normalized spacial score (nSPS) is 17.0. The van der Waals surface area contributed by atoms with Crippen LogP contribution in [0, 0.1) is 12.7 Å². The Bertz CT molecular complexity index is 1240. The maximum atomic E-state index is 14.5. The molecule has 9 heteroatoms. The fraction of sp³-hybridized carbons (Fsp3) is 0.417. The largest absolute Gasteiger partial charge is 0.444 e. The van der Waals surface area contributed by atoms with Crippen molar-refractivity contribution in [2.24, 2.45) is 0 Å². The molecule has 1 N–H and O–H groups in total. The van der Waals surface area contributed by atoms with Crippen LogP contribution in [0.2, 0.25) is 0 Å². The van der Waals surface area contributed by atoms with Gasteiger partial charge in [0, 0.05) is 19.6 Å². The van der Waals surface area contributed by atoms with Crippen molar-refractivity contribution in [3.05, 3.63) is 48.0 Å². The number of likely N-dealkylation sites (tertiary alicyclic amines) is 1. The van der Waals surface area contributed by atoms with Crippen LogP contribution in [-0.2, 0) is 4.74 Å². The molecular formula is C24H27FN6O2. The SMILES string of the molecule is Cc1cccc(Nc2ncnc3ccc(N4CC5(CCN5C(=O)OC(C)(C)C)C4)nc23)c1F. The van der Waals surface area contributed by atoms with Crippen LogP contribution in [0.15, 0.2) is 36.7 Å². The fourth-order valence-corrected chi connectivity index (χ4v) is 4.37. The van der Waals surface area contributed by atoms with Crippen molar-refractivity contribution < 1.29 is 13.9 Å². The lowest BCUT2D eigenvalue weighted by Gasteiger charge is -2.62. The molecule has 0 atom stereocenters. The molecule has 3 aromatic rings. The summed E-state index contributed by atoms with van der Waals surface area (Å²) < 4.78 is 20.1. The van der Waals surface area contributed by atoms with Gasteiger partial charge in [0.25, 0.3) is 0 Å². The number of nitrogens with zero attached hydrogens (tertiary/aromatic N) is 5. The van der Waals surface area contributed by atoms with Crippen LogP contribution in [-0.4, -0.2) is 56.7 Å². The highest BCUT2D eigenvalue weighted by Crippen LogP contribution is 2.42. The van der Waals surface area contributed by atoms with Crippen molar-refractivity contribution in [1.82, 2.24) is 19.9 Å². The number of benzene rings is 1. The van der Waals surface area contributed by atoms with E-state index in [1.807, 2.05) is 37.8 Å². The van der Waals surface area contributed by atoms with Crippen LogP contribution in [0.3, 0.4) is 0 Å². The quantitative estimate of drug-likeness (QED) is 0.633. The summed E-state index contributed by atoms with van der Waals surface area (Å²) in [6.07, 6.45) is 2.12. The summed E-state index contributed by atoms with van der Waals surface area (Å²) in [7, 11) is 0. The second kappa shape index (κ2) is 7.54. The molecule has 0 radical (unpaired) electrons. The second-order valence-electron chi connectivity index (χ2n) is 9.78. The molecule has 1 amide bonds. The average Bonchev–Trinajstić information content (AvgIpc) is 2.68. The van der Waals surface area contributed by atoms with Gasteiger partial charge in [-0.05, 0) is 57.9 Å². The lowest BCUT2D eigenvalue weighted by molar-refractivity contribution is -0.0562. The molecule has 2 aromatic heterocycles. The second-order valence-corrected chi connectivity index (χ2v) is 9.78. The van der Waals surface area contributed by atoms with Gasteiger partial charge in [0.15, 0.2) is 5.82 Å². The third-order valence-corrected chi connectivity index (χ3v) is 6.19. The first-order valence-electron chi connectivity index (χ1n) is 11.0. The van der Waals surface area contributed by atoms with E-state index < -0.39 is 5.60 Å². The van der Waals surface area contributed by atoms with E-state index in [9.17, 15) is 9.18 Å². The van der Waals surface area contributed by atoms with Gasteiger partial charge in [-0.3, -0.25) is 4.90 Å². The Morgan fingerprint density at radius 1 is 1.18 bits per heavy atom. The molecule has 2 saturated heterocycles. The number of hydrogen-bond donors (Lipinski definition) is 1. The zero-order valence-electron chi connectivity index (χ0n) is 19.2. The van der Waals surface area contributed by atoms with Gasteiger partial charge in [0.2, 0.25) is 0 Å². The van der Waals surface area contributed by atoms with Crippen molar-refractivity contribution >= 4 is 34.4 Å². The van der Waals surface area contributed by atoms with Crippen molar-refractivity contribution in [2.45, 2.75) is 45.3 Å². The molecule has 2 aliphatic rings. The lowest BCUT2D eigenvalue weighted by atomic mass is 9.78. The number of aryl methyl sites for hydroxylation is 1. The molecule has 172 valence electrons. The number of fused-ring (bicyclic) bond motifs is 1. The molecule has 0 bridgehead atoms. The van der Waals surface area contributed by atoms with Crippen molar-refractivity contribution in [2.75, 3.05) is 29.9 Å². The third kappa shape index (κ3) is 3.81.